The molecule has 0 aromatic heterocycles. The molecule has 0 unspecified atom stereocenters. The maximum Gasteiger partial charge on any atom is 0.124 e. The molecule has 104 valence electrons. The summed E-state index contributed by atoms with van der Waals surface area (Å²) in [5.41, 5.74) is 3.11. The smallest absolute Gasteiger partial charge is 0.124 e. The van der Waals surface area contributed by atoms with Crippen molar-refractivity contribution in [2.45, 2.75) is 13.8 Å². The zero-order valence-corrected chi connectivity index (χ0v) is 11.7. The molecule has 0 atom stereocenters. The molecule has 20 heavy (non-hydrogen) atoms. The van der Waals surface area contributed by atoms with Gasteiger partial charge in [0, 0.05) is 11.8 Å². The van der Waals surface area contributed by atoms with Gasteiger partial charge in [-0.05, 0) is 55.3 Å². The Kier molecular flexibility index (Phi) is 3.94. The van der Waals surface area contributed by atoms with Gasteiger partial charge in [0.15, 0.2) is 0 Å². The van der Waals surface area contributed by atoms with Crippen LogP contribution in [0.25, 0.3) is 0 Å². The highest BCUT2D eigenvalue weighted by atomic mass is 16.5. The van der Waals surface area contributed by atoms with Gasteiger partial charge in [0.25, 0.3) is 0 Å². The number of ether oxygens (including phenoxy) is 1. The normalized spacial score (nSPS) is 10.9. The van der Waals surface area contributed by atoms with Crippen molar-refractivity contribution in [1.82, 2.24) is 0 Å². The van der Waals surface area contributed by atoms with Crippen LogP contribution in [0.15, 0.2) is 35.3 Å². The van der Waals surface area contributed by atoms with Crippen molar-refractivity contribution < 1.29 is 14.9 Å². The Labute approximate surface area is 118 Å². The number of aryl methyl sites for hydroxylation is 2. The van der Waals surface area contributed by atoms with Gasteiger partial charge in [0.2, 0.25) is 0 Å². The zero-order chi connectivity index (χ0) is 14.7. The van der Waals surface area contributed by atoms with E-state index in [0.29, 0.717) is 11.3 Å². The molecule has 2 N–H and O–H groups in total. The number of aliphatic imine (C=N–C) groups is 1. The van der Waals surface area contributed by atoms with E-state index in [1.54, 1.807) is 43.7 Å². The highest BCUT2D eigenvalue weighted by molar-refractivity contribution is 5.86. The minimum Gasteiger partial charge on any atom is -0.508 e. The molecule has 0 bridgehead atoms. The van der Waals surface area contributed by atoms with E-state index in [1.807, 2.05) is 13.8 Å². The number of benzene rings is 2. The van der Waals surface area contributed by atoms with E-state index in [1.165, 1.54) is 0 Å². The zero-order valence-electron chi connectivity index (χ0n) is 11.7. The van der Waals surface area contributed by atoms with Crippen molar-refractivity contribution >= 4 is 11.9 Å². The number of rotatable bonds is 3. The van der Waals surface area contributed by atoms with E-state index in [4.69, 9.17) is 4.74 Å². The van der Waals surface area contributed by atoms with E-state index in [0.717, 1.165) is 16.8 Å². The summed E-state index contributed by atoms with van der Waals surface area (Å²) >= 11 is 0. The molecular formula is C16H17NO3. The summed E-state index contributed by atoms with van der Waals surface area (Å²) in [5.74, 6) is 1.02. The van der Waals surface area contributed by atoms with E-state index < -0.39 is 0 Å². The second kappa shape index (κ2) is 5.65. The van der Waals surface area contributed by atoms with Crippen molar-refractivity contribution in [2.75, 3.05) is 7.11 Å². The molecule has 0 saturated carbocycles. The number of methoxy groups -OCH3 is 1. The van der Waals surface area contributed by atoms with Gasteiger partial charge in [0.1, 0.15) is 17.2 Å². The van der Waals surface area contributed by atoms with Crippen LogP contribution >= 0.6 is 0 Å². The second-order valence-corrected chi connectivity index (χ2v) is 4.61. The molecule has 0 spiro atoms. The molecule has 0 fully saturated rings. The van der Waals surface area contributed by atoms with Crippen LogP contribution < -0.4 is 4.74 Å². The van der Waals surface area contributed by atoms with Crippen molar-refractivity contribution in [3.8, 4) is 17.2 Å². The Balaban J connectivity index is 2.39. The van der Waals surface area contributed by atoms with Gasteiger partial charge in [0.05, 0.1) is 12.8 Å². The Morgan fingerprint density at radius 3 is 2.30 bits per heavy atom. The molecule has 4 heteroatoms. The van der Waals surface area contributed by atoms with Gasteiger partial charge in [-0.15, -0.1) is 0 Å². The Morgan fingerprint density at radius 2 is 1.70 bits per heavy atom. The standard InChI is InChI=1S/C16H17NO3/c1-10-6-13(18)7-11(2)16(10)17-9-12-8-14(20-3)4-5-15(12)19/h4-9,18-19H,1-3H3. The van der Waals surface area contributed by atoms with Crippen molar-refractivity contribution in [2.24, 2.45) is 4.99 Å². The summed E-state index contributed by atoms with van der Waals surface area (Å²) in [6, 6.07) is 8.28. The Hall–Kier alpha value is -2.49. The molecule has 0 radical (unpaired) electrons. The van der Waals surface area contributed by atoms with Gasteiger partial charge in [-0.2, -0.15) is 0 Å². The number of nitrogens with zero attached hydrogens (tertiary/aromatic N) is 1. The number of hydrogen-bond acceptors (Lipinski definition) is 4. The summed E-state index contributed by atoms with van der Waals surface area (Å²) in [5, 5.41) is 19.3. The highest BCUT2D eigenvalue weighted by Crippen LogP contribution is 2.29. The molecule has 0 heterocycles. The lowest BCUT2D eigenvalue weighted by atomic mass is 10.1. The van der Waals surface area contributed by atoms with E-state index >= 15 is 0 Å². The van der Waals surface area contributed by atoms with Gasteiger partial charge in [-0.3, -0.25) is 4.99 Å². The van der Waals surface area contributed by atoms with Crippen LogP contribution in [0.2, 0.25) is 0 Å². The molecule has 0 amide bonds. The molecule has 2 aromatic carbocycles. The topological polar surface area (TPSA) is 62.0 Å². The monoisotopic (exact) mass is 271 g/mol. The van der Waals surface area contributed by atoms with E-state index in [-0.39, 0.29) is 11.5 Å². The van der Waals surface area contributed by atoms with Crippen LogP contribution in [-0.2, 0) is 0 Å². The molecule has 2 rings (SSSR count). The summed E-state index contributed by atoms with van der Waals surface area (Å²) in [7, 11) is 1.57. The first-order valence-corrected chi connectivity index (χ1v) is 6.22. The van der Waals surface area contributed by atoms with Crippen LogP contribution in [0, 0.1) is 13.8 Å². The summed E-state index contributed by atoms with van der Waals surface area (Å²) < 4.78 is 5.12. The molecule has 0 saturated heterocycles. The SMILES string of the molecule is COc1ccc(O)c(C=Nc2c(C)cc(O)cc2C)c1. The largest absolute Gasteiger partial charge is 0.508 e. The minimum absolute atomic E-state index is 0.142. The molecule has 4 nitrogen and oxygen atoms in total. The van der Waals surface area contributed by atoms with E-state index in [9.17, 15) is 10.2 Å². The second-order valence-electron chi connectivity index (χ2n) is 4.61. The average Bonchev–Trinajstić information content (AvgIpc) is 2.39. The maximum atomic E-state index is 9.80. The third kappa shape index (κ3) is 2.91. The highest BCUT2D eigenvalue weighted by Gasteiger charge is 2.04. The number of hydrogen-bond donors (Lipinski definition) is 2. The first kappa shape index (κ1) is 13.9. The number of phenolic OH excluding ortho intramolecular Hbond substituents is 2. The summed E-state index contributed by atoms with van der Waals surface area (Å²) in [6.07, 6.45) is 1.59. The van der Waals surface area contributed by atoms with Gasteiger partial charge >= 0.3 is 0 Å². The van der Waals surface area contributed by atoms with Crippen molar-refractivity contribution in [1.29, 1.82) is 0 Å². The van der Waals surface area contributed by atoms with Crippen LogP contribution in [-0.4, -0.2) is 23.5 Å². The fourth-order valence-electron chi connectivity index (χ4n) is 2.03. The van der Waals surface area contributed by atoms with Crippen molar-refractivity contribution in [3.63, 3.8) is 0 Å². The fourth-order valence-corrected chi connectivity index (χ4v) is 2.03. The minimum atomic E-state index is 0.142. The van der Waals surface area contributed by atoms with Gasteiger partial charge in [-0.1, -0.05) is 0 Å². The number of aromatic hydroxyl groups is 2. The average molecular weight is 271 g/mol. The fraction of sp³-hybridized carbons (Fsp3) is 0.188. The van der Waals surface area contributed by atoms with Crippen molar-refractivity contribution in [3.05, 3.63) is 47.0 Å². The van der Waals surface area contributed by atoms with Crippen LogP contribution in [0.1, 0.15) is 16.7 Å². The predicted molar refractivity (Wildman–Crippen MR) is 79.5 cm³/mol. The quantitative estimate of drug-likeness (QED) is 0.840. The lowest BCUT2D eigenvalue weighted by molar-refractivity contribution is 0.412. The maximum absolute atomic E-state index is 9.80. The molecule has 0 aliphatic heterocycles. The number of phenols is 2. The lowest BCUT2D eigenvalue weighted by Crippen LogP contribution is -1.88. The third-order valence-corrected chi connectivity index (χ3v) is 3.04. The summed E-state index contributed by atoms with van der Waals surface area (Å²) in [6.45, 7) is 3.76. The third-order valence-electron chi connectivity index (χ3n) is 3.04. The van der Waals surface area contributed by atoms with Gasteiger partial charge < -0.3 is 14.9 Å². The first-order chi connectivity index (χ1) is 9.51. The van der Waals surface area contributed by atoms with Crippen LogP contribution in [0.5, 0.6) is 17.2 Å². The molecule has 0 aliphatic rings. The summed E-state index contributed by atoms with van der Waals surface area (Å²) in [4.78, 5) is 4.40. The predicted octanol–water partition coefficient (Wildman–Crippen LogP) is 3.47. The molecule has 0 aliphatic carbocycles. The molecular weight excluding hydrogens is 254 g/mol. The van der Waals surface area contributed by atoms with Crippen LogP contribution in [0.4, 0.5) is 5.69 Å². The van der Waals surface area contributed by atoms with Gasteiger partial charge in [-0.25, -0.2) is 0 Å². The first-order valence-electron chi connectivity index (χ1n) is 6.22. The van der Waals surface area contributed by atoms with E-state index in [2.05, 4.69) is 4.99 Å². The Morgan fingerprint density at radius 1 is 1.05 bits per heavy atom. The van der Waals surface area contributed by atoms with Crippen LogP contribution in [0.3, 0.4) is 0 Å². The lowest BCUT2D eigenvalue weighted by Gasteiger charge is -2.06. The Bertz CT molecular complexity index is 640. The molecule has 2 aromatic rings.